The largest absolute Gasteiger partial charge is 0.458 e. The minimum Gasteiger partial charge on any atom is -0.458 e. The minimum absolute atomic E-state index is 0.128. The Morgan fingerprint density at radius 3 is 2.45 bits per heavy atom. The Labute approximate surface area is 169 Å². The first-order chi connectivity index (χ1) is 13.5. The van der Waals surface area contributed by atoms with E-state index in [-0.39, 0.29) is 12.2 Å². The number of esters is 3. The Balaban J connectivity index is 2.11. The van der Waals surface area contributed by atoms with Gasteiger partial charge in [0, 0.05) is 30.9 Å². The summed E-state index contributed by atoms with van der Waals surface area (Å²) in [5, 5.41) is 0. The van der Waals surface area contributed by atoms with Gasteiger partial charge in [0.2, 0.25) is 5.60 Å². The van der Waals surface area contributed by atoms with Crippen molar-refractivity contribution in [2.75, 3.05) is 0 Å². The Bertz CT molecular complexity index is 887. The Kier molecular flexibility index (Phi) is 5.28. The zero-order valence-corrected chi connectivity index (χ0v) is 17.5. The Morgan fingerprint density at radius 1 is 1.21 bits per heavy atom. The van der Waals surface area contributed by atoms with Crippen LogP contribution < -0.4 is 0 Å². The van der Waals surface area contributed by atoms with E-state index in [9.17, 15) is 19.2 Å². The second-order valence-electron chi connectivity index (χ2n) is 8.42. The molecule has 0 radical (unpaired) electrons. The molecule has 1 aliphatic heterocycles. The summed E-state index contributed by atoms with van der Waals surface area (Å²) in [6.07, 6.45) is 1.59. The highest BCUT2D eigenvalue weighted by atomic mass is 16.6. The van der Waals surface area contributed by atoms with Crippen LogP contribution in [0.2, 0.25) is 0 Å². The Hall–Kier alpha value is -2.70. The fourth-order valence-electron chi connectivity index (χ4n) is 4.74. The second kappa shape index (κ2) is 7.28. The zero-order valence-electron chi connectivity index (χ0n) is 17.5. The molecule has 0 aromatic rings. The highest BCUT2D eigenvalue weighted by Gasteiger charge is 2.64. The molecule has 0 N–H and O–H groups in total. The number of allylic oxidation sites excluding steroid dienone is 2. The lowest BCUT2D eigenvalue weighted by atomic mass is 9.77. The molecule has 3 rings (SSSR count). The van der Waals surface area contributed by atoms with Crippen molar-refractivity contribution < 1.29 is 33.4 Å². The SMILES string of the molecule is CC(=O)OC1(C)C(=O)OC2C3C(C)=CC(=O)C3=C(C)CC(OC(=O)C=C(C)C)C21. The van der Waals surface area contributed by atoms with Gasteiger partial charge in [0.15, 0.2) is 5.78 Å². The average molecular weight is 402 g/mol. The molecule has 0 saturated carbocycles. The third-order valence-corrected chi connectivity index (χ3v) is 5.79. The van der Waals surface area contributed by atoms with Crippen LogP contribution in [0.4, 0.5) is 0 Å². The Morgan fingerprint density at radius 2 is 1.86 bits per heavy atom. The first kappa shape index (κ1) is 21.0. The van der Waals surface area contributed by atoms with Crippen LogP contribution in [0, 0.1) is 11.8 Å². The molecule has 0 aromatic heterocycles. The van der Waals surface area contributed by atoms with E-state index in [0.29, 0.717) is 5.57 Å². The van der Waals surface area contributed by atoms with Crippen molar-refractivity contribution in [2.45, 2.75) is 65.8 Å². The lowest BCUT2D eigenvalue weighted by Gasteiger charge is -2.34. The standard InChI is InChI=1S/C22H26O7/c1-10(2)7-16(25)27-15-9-12(4)17-14(24)8-11(3)18(17)20-19(15)22(6,21(26)28-20)29-13(5)23/h7-8,15,18-20H,9H2,1-6H3. The third-order valence-electron chi connectivity index (χ3n) is 5.79. The van der Waals surface area contributed by atoms with Crippen molar-refractivity contribution in [1.29, 1.82) is 0 Å². The molecule has 0 bridgehead atoms. The van der Waals surface area contributed by atoms with Gasteiger partial charge in [-0.3, -0.25) is 9.59 Å². The van der Waals surface area contributed by atoms with Crippen molar-refractivity contribution in [1.82, 2.24) is 0 Å². The van der Waals surface area contributed by atoms with Crippen molar-refractivity contribution in [2.24, 2.45) is 11.8 Å². The van der Waals surface area contributed by atoms with E-state index >= 15 is 0 Å². The molecular weight excluding hydrogens is 376 g/mol. The summed E-state index contributed by atoms with van der Waals surface area (Å²) in [5.74, 6) is -3.21. The summed E-state index contributed by atoms with van der Waals surface area (Å²) in [7, 11) is 0. The topological polar surface area (TPSA) is 96.0 Å². The van der Waals surface area contributed by atoms with Gasteiger partial charge in [-0.1, -0.05) is 16.7 Å². The van der Waals surface area contributed by atoms with E-state index in [1.54, 1.807) is 19.9 Å². The minimum atomic E-state index is -1.62. The molecule has 1 heterocycles. The van der Waals surface area contributed by atoms with Gasteiger partial charge in [0.1, 0.15) is 12.2 Å². The van der Waals surface area contributed by atoms with Gasteiger partial charge < -0.3 is 14.2 Å². The number of rotatable bonds is 3. The van der Waals surface area contributed by atoms with Crippen molar-refractivity contribution in [3.63, 3.8) is 0 Å². The van der Waals surface area contributed by atoms with Gasteiger partial charge in [0.05, 0.1) is 5.92 Å². The fraction of sp³-hybridized carbons (Fsp3) is 0.545. The molecule has 1 fully saturated rings. The summed E-state index contributed by atoms with van der Waals surface area (Å²) in [6.45, 7) is 9.87. The lowest BCUT2D eigenvalue weighted by Crippen LogP contribution is -2.50. The number of hydrogen-bond acceptors (Lipinski definition) is 7. The molecule has 1 saturated heterocycles. The number of carbonyl (C=O) groups is 4. The van der Waals surface area contributed by atoms with E-state index < -0.39 is 47.6 Å². The zero-order chi connectivity index (χ0) is 21.7. The first-order valence-electron chi connectivity index (χ1n) is 9.64. The summed E-state index contributed by atoms with van der Waals surface area (Å²) in [4.78, 5) is 49.6. The number of ether oxygens (including phenoxy) is 3. The maximum atomic E-state index is 12.8. The number of fused-ring (bicyclic) bond motifs is 3. The molecule has 0 amide bonds. The molecule has 5 atom stereocenters. The summed E-state index contributed by atoms with van der Waals surface area (Å²) < 4.78 is 16.8. The smallest absolute Gasteiger partial charge is 0.351 e. The molecule has 2 aliphatic carbocycles. The third kappa shape index (κ3) is 3.54. The van der Waals surface area contributed by atoms with Crippen LogP contribution in [-0.4, -0.2) is 41.5 Å². The van der Waals surface area contributed by atoms with Crippen LogP contribution in [0.3, 0.4) is 0 Å². The lowest BCUT2D eigenvalue weighted by molar-refractivity contribution is -0.176. The molecule has 156 valence electrons. The van der Waals surface area contributed by atoms with Gasteiger partial charge in [-0.2, -0.15) is 0 Å². The highest BCUT2D eigenvalue weighted by Crippen LogP contribution is 2.51. The summed E-state index contributed by atoms with van der Waals surface area (Å²) in [5.41, 5.74) is 1.27. The van der Waals surface area contributed by atoms with Gasteiger partial charge in [0.25, 0.3) is 0 Å². The van der Waals surface area contributed by atoms with Crippen molar-refractivity contribution in [3.8, 4) is 0 Å². The molecule has 7 nitrogen and oxygen atoms in total. The van der Waals surface area contributed by atoms with Crippen LogP contribution >= 0.6 is 0 Å². The fourth-order valence-corrected chi connectivity index (χ4v) is 4.74. The summed E-state index contributed by atoms with van der Waals surface area (Å²) >= 11 is 0. The normalized spacial score (nSPS) is 33.2. The van der Waals surface area contributed by atoms with Crippen LogP contribution in [-0.2, 0) is 33.4 Å². The number of ketones is 1. The maximum absolute atomic E-state index is 12.8. The molecule has 0 spiro atoms. The van der Waals surface area contributed by atoms with Crippen LogP contribution in [0.15, 0.2) is 34.4 Å². The van der Waals surface area contributed by atoms with Crippen LogP contribution in [0.5, 0.6) is 0 Å². The average Bonchev–Trinajstić information content (AvgIpc) is 2.93. The first-order valence-corrected chi connectivity index (χ1v) is 9.64. The summed E-state index contributed by atoms with van der Waals surface area (Å²) in [6, 6.07) is 0. The van der Waals surface area contributed by atoms with E-state index in [2.05, 4.69) is 0 Å². The highest BCUT2D eigenvalue weighted by molar-refractivity contribution is 6.09. The maximum Gasteiger partial charge on any atom is 0.351 e. The van der Waals surface area contributed by atoms with Gasteiger partial charge in [-0.05, 0) is 40.7 Å². The van der Waals surface area contributed by atoms with Gasteiger partial charge in [-0.25, -0.2) is 9.59 Å². The van der Waals surface area contributed by atoms with Crippen LogP contribution in [0.1, 0.15) is 48.0 Å². The van der Waals surface area contributed by atoms with E-state index in [4.69, 9.17) is 14.2 Å². The quantitative estimate of drug-likeness (QED) is 0.407. The van der Waals surface area contributed by atoms with Crippen molar-refractivity contribution >= 4 is 23.7 Å². The molecule has 5 unspecified atom stereocenters. The van der Waals surface area contributed by atoms with Crippen LogP contribution in [0.25, 0.3) is 0 Å². The molecule has 29 heavy (non-hydrogen) atoms. The van der Waals surface area contributed by atoms with Gasteiger partial charge in [-0.15, -0.1) is 0 Å². The molecule has 7 heteroatoms. The van der Waals surface area contributed by atoms with E-state index in [1.807, 2.05) is 13.8 Å². The van der Waals surface area contributed by atoms with Crippen molar-refractivity contribution in [3.05, 3.63) is 34.4 Å². The predicted molar refractivity (Wildman–Crippen MR) is 102 cm³/mol. The number of hydrogen-bond donors (Lipinski definition) is 0. The van der Waals surface area contributed by atoms with E-state index in [0.717, 1.165) is 16.7 Å². The predicted octanol–water partition coefficient (Wildman–Crippen LogP) is 2.59. The second-order valence-corrected chi connectivity index (χ2v) is 8.42. The molecule has 3 aliphatic rings. The molecular formula is C22H26O7. The van der Waals surface area contributed by atoms with Gasteiger partial charge >= 0.3 is 17.9 Å². The monoisotopic (exact) mass is 402 g/mol. The van der Waals surface area contributed by atoms with E-state index in [1.165, 1.54) is 19.9 Å². The molecule has 0 aromatic carbocycles. The number of carbonyl (C=O) groups excluding carboxylic acids is 4.